The van der Waals surface area contributed by atoms with Crippen molar-refractivity contribution in [2.45, 2.75) is 0 Å². The summed E-state index contributed by atoms with van der Waals surface area (Å²) in [6.45, 7) is 0. The number of hydrogen-bond acceptors (Lipinski definition) is 2. The van der Waals surface area contributed by atoms with Gasteiger partial charge in [-0.25, -0.2) is 4.98 Å². The molecule has 0 N–H and O–H groups in total. The first kappa shape index (κ1) is 12.0. The van der Waals surface area contributed by atoms with Crippen molar-refractivity contribution in [1.82, 2.24) is 4.98 Å². The van der Waals surface area contributed by atoms with Crippen molar-refractivity contribution < 1.29 is 9.18 Å². The van der Waals surface area contributed by atoms with Gasteiger partial charge in [-0.05, 0) is 24.3 Å². The molecule has 1 heterocycles. The largest absolute Gasteiger partial charge is 0.298 e. The summed E-state index contributed by atoms with van der Waals surface area (Å²) in [4.78, 5) is 14.3. The Labute approximate surface area is 107 Å². The van der Waals surface area contributed by atoms with Gasteiger partial charge in [0.15, 0.2) is 0 Å². The van der Waals surface area contributed by atoms with E-state index in [1.807, 2.05) is 0 Å². The molecule has 0 atom stereocenters. The van der Waals surface area contributed by atoms with Gasteiger partial charge in [-0.15, -0.1) is 0 Å². The minimum absolute atomic E-state index is 0.198. The predicted molar refractivity (Wildman–Crippen MR) is 65.0 cm³/mol. The van der Waals surface area contributed by atoms with E-state index in [0.717, 1.165) is 6.07 Å². The van der Waals surface area contributed by atoms with Crippen LogP contribution in [-0.4, -0.2) is 11.3 Å². The molecular weight excluding hydrogens is 264 g/mol. The molecule has 2 rings (SSSR count). The van der Waals surface area contributed by atoms with E-state index < -0.39 is 5.95 Å². The number of aldehydes is 1. The van der Waals surface area contributed by atoms with Crippen LogP contribution in [0.1, 0.15) is 10.4 Å². The number of rotatable bonds is 2. The fraction of sp³-hybridized carbons (Fsp3) is 0. The van der Waals surface area contributed by atoms with E-state index in [9.17, 15) is 9.18 Å². The lowest BCUT2D eigenvalue weighted by Gasteiger charge is -2.05. The van der Waals surface area contributed by atoms with Crippen LogP contribution in [-0.2, 0) is 0 Å². The highest BCUT2D eigenvalue weighted by atomic mass is 35.5. The molecule has 0 amide bonds. The third-order valence-corrected chi connectivity index (χ3v) is 2.72. The van der Waals surface area contributed by atoms with Gasteiger partial charge in [0.1, 0.15) is 6.29 Å². The lowest BCUT2D eigenvalue weighted by Crippen LogP contribution is -1.92. The van der Waals surface area contributed by atoms with Crippen molar-refractivity contribution >= 4 is 29.5 Å². The molecule has 0 saturated heterocycles. The Hall–Kier alpha value is -1.45. The molecule has 0 aliphatic heterocycles. The van der Waals surface area contributed by atoms with E-state index in [0.29, 0.717) is 21.9 Å². The SMILES string of the molecule is O=Cc1cc(F)nc(-c2cc(Cl)ccc2Cl)c1. The third-order valence-electron chi connectivity index (χ3n) is 2.16. The van der Waals surface area contributed by atoms with E-state index >= 15 is 0 Å². The molecule has 0 aliphatic carbocycles. The number of carbonyl (C=O) groups excluding carboxylic acids is 1. The Morgan fingerprint density at radius 2 is 1.94 bits per heavy atom. The number of benzene rings is 1. The molecule has 86 valence electrons. The molecule has 0 fully saturated rings. The lowest BCUT2D eigenvalue weighted by atomic mass is 10.1. The fourth-order valence-electron chi connectivity index (χ4n) is 1.42. The summed E-state index contributed by atoms with van der Waals surface area (Å²) in [7, 11) is 0. The quantitative estimate of drug-likeness (QED) is 0.609. The first-order chi connectivity index (χ1) is 8.10. The van der Waals surface area contributed by atoms with Crippen LogP contribution in [0.25, 0.3) is 11.3 Å². The van der Waals surface area contributed by atoms with Crippen molar-refractivity contribution in [3.05, 3.63) is 51.9 Å². The molecule has 17 heavy (non-hydrogen) atoms. The molecule has 5 heteroatoms. The average molecular weight is 270 g/mol. The Bertz CT molecular complexity index is 587. The van der Waals surface area contributed by atoms with Gasteiger partial charge in [0, 0.05) is 22.2 Å². The number of pyridine rings is 1. The Balaban J connectivity index is 2.63. The molecule has 0 saturated carbocycles. The number of hydrogen-bond donors (Lipinski definition) is 0. The molecular formula is C12H6Cl2FNO. The van der Waals surface area contributed by atoms with Gasteiger partial charge < -0.3 is 0 Å². The minimum atomic E-state index is -0.736. The van der Waals surface area contributed by atoms with Crippen LogP contribution in [0.15, 0.2) is 30.3 Å². The summed E-state index contributed by atoms with van der Waals surface area (Å²) in [5, 5.41) is 0.854. The maximum absolute atomic E-state index is 13.2. The van der Waals surface area contributed by atoms with E-state index in [1.165, 1.54) is 6.07 Å². The van der Waals surface area contributed by atoms with Crippen LogP contribution in [0.2, 0.25) is 10.0 Å². The second-order valence-corrected chi connectivity index (χ2v) is 4.19. The highest BCUT2D eigenvalue weighted by molar-refractivity contribution is 6.35. The second-order valence-electron chi connectivity index (χ2n) is 3.35. The zero-order valence-corrected chi connectivity index (χ0v) is 9.97. The van der Waals surface area contributed by atoms with Gasteiger partial charge in [-0.1, -0.05) is 23.2 Å². The Kier molecular flexibility index (Phi) is 3.41. The third kappa shape index (κ3) is 2.62. The number of carbonyl (C=O) groups is 1. The minimum Gasteiger partial charge on any atom is -0.298 e. The van der Waals surface area contributed by atoms with Gasteiger partial charge in [-0.3, -0.25) is 4.79 Å². The van der Waals surface area contributed by atoms with Crippen molar-refractivity contribution in [2.75, 3.05) is 0 Å². The zero-order valence-electron chi connectivity index (χ0n) is 8.45. The van der Waals surface area contributed by atoms with Crippen molar-refractivity contribution in [2.24, 2.45) is 0 Å². The van der Waals surface area contributed by atoms with Crippen LogP contribution in [0.5, 0.6) is 0 Å². The number of halogens is 3. The van der Waals surface area contributed by atoms with E-state index in [1.54, 1.807) is 18.2 Å². The molecule has 0 bridgehead atoms. The van der Waals surface area contributed by atoms with Crippen molar-refractivity contribution in [3.63, 3.8) is 0 Å². The summed E-state index contributed by atoms with van der Waals surface area (Å²) < 4.78 is 13.2. The maximum atomic E-state index is 13.2. The van der Waals surface area contributed by atoms with Crippen LogP contribution in [0, 0.1) is 5.95 Å². The highest BCUT2D eigenvalue weighted by Gasteiger charge is 2.09. The summed E-state index contributed by atoms with van der Waals surface area (Å²) >= 11 is 11.8. The van der Waals surface area contributed by atoms with E-state index in [4.69, 9.17) is 23.2 Å². The van der Waals surface area contributed by atoms with Crippen LogP contribution >= 0.6 is 23.2 Å². The Morgan fingerprint density at radius 3 is 2.65 bits per heavy atom. The molecule has 0 aliphatic rings. The van der Waals surface area contributed by atoms with E-state index in [-0.39, 0.29) is 11.3 Å². The summed E-state index contributed by atoms with van der Waals surface area (Å²) in [6.07, 6.45) is 0.548. The predicted octanol–water partition coefficient (Wildman–Crippen LogP) is 4.01. The van der Waals surface area contributed by atoms with E-state index in [2.05, 4.69) is 4.98 Å². The van der Waals surface area contributed by atoms with Crippen LogP contribution < -0.4 is 0 Å². The number of nitrogens with zero attached hydrogens (tertiary/aromatic N) is 1. The molecule has 0 spiro atoms. The highest BCUT2D eigenvalue weighted by Crippen LogP contribution is 2.29. The van der Waals surface area contributed by atoms with Crippen LogP contribution in [0.3, 0.4) is 0 Å². The monoisotopic (exact) mass is 269 g/mol. The molecule has 0 radical (unpaired) electrons. The van der Waals surface area contributed by atoms with Crippen LogP contribution in [0.4, 0.5) is 4.39 Å². The van der Waals surface area contributed by atoms with Crippen molar-refractivity contribution in [3.8, 4) is 11.3 Å². The molecule has 1 aromatic carbocycles. The molecule has 2 nitrogen and oxygen atoms in total. The van der Waals surface area contributed by atoms with Crippen molar-refractivity contribution in [1.29, 1.82) is 0 Å². The summed E-state index contributed by atoms with van der Waals surface area (Å²) in [5.41, 5.74) is 0.963. The number of aromatic nitrogens is 1. The summed E-state index contributed by atoms with van der Waals surface area (Å²) in [5.74, 6) is -0.736. The normalized spacial score (nSPS) is 10.3. The standard InChI is InChI=1S/C12H6Cl2FNO/c13-8-1-2-10(14)9(5-8)11-3-7(6-17)4-12(15)16-11/h1-6H. The Morgan fingerprint density at radius 1 is 1.18 bits per heavy atom. The first-order valence-electron chi connectivity index (χ1n) is 4.68. The maximum Gasteiger partial charge on any atom is 0.214 e. The van der Waals surface area contributed by atoms with Gasteiger partial charge in [0.05, 0.1) is 10.7 Å². The van der Waals surface area contributed by atoms with Gasteiger partial charge in [0.25, 0.3) is 0 Å². The van der Waals surface area contributed by atoms with Gasteiger partial charge >= 0.3 is 0 Å². The van der Waals surface area contributed by atoms with Gasteiger partial charge in [0.2, 0.25) is 5.95 Å². The fourth-order valence-corrected chi connectivity index (χ4v) is 1.80. The molecule has 1 aromatic heterocycles. The van der Waals surface area contributed by atoms with Gasteiger partial charge in [-0.2, -0.15) is 4.39 Å². The topological polar surface area (TPSA) is 30.0 Å². The first-order valence-corrected chi connectivity index (χ1v) is 5.44. The zero-order chi connectivity index (χ0) is 12.4. The smallest absolute Gasteiger partial charge is 0.214 e. The lowest BCUT2D eigenvalue weighted by molar-refractivity contribution is 0.112. The second kappa shape index (κ2) is 4.82. The summed E-state index contributed by atoms with van der Waals surface area (Å²) in [6, 6.07) is 7.28. The average Bonchev–Trinajstić information content (AvgIpc) is 2.31. The molecule has 0 unspecified atom stereocenters. The molecule has 2 aromatic rings.